The van der Waals surface area contributed by atoms with Gasteiger partial charge in [0.1, 0.15) is 5.02 Å². The van der Waals surface area contributed by atoms with Crippen molar-refractivity contribution in [1.29, 1.82) is 0 Å². The quantitative estimate of drug-likeness (QED) is 0.466. The normalized spacial score (nSPS) is 12.7. The van der Waals surface area contributed by atoms with E-state index in [-0.39, 0.29) is 16.1 Å². The van der Waals surface area contributed by atoms with Crippen LogP contribution >= 0.6 is 23.2 Å². The zero-order valence-corrected chi connectivity index (χ0v) is 19.0. The maximum atomic E-state index is 12.9. The van der Waals surface area contributed by atoms with E-state index in [4.69, 9.17) is 23.2 Å². The summed E-state index contributed by atoms with van der Waals surface area (Å²) in [5, 5.41) is 2.96. The molecule has 0 radical (unpaired) electrons. The number of hydrogen-bond acceptors (Lipinski definition) is 4. The van der Waals surface area contributed by atoms with Gasteiger partial charge in [0.05, 0.1) is 17.3 Å². The largest absolute Gasteiger partial charge is 0.365 e. The summed E-state index contributed by atoms with van der Waals surface area (Å²) in [5.74, 6) is -0.808. The Bertz CT molecular complexity index is 1250. The van der Waals surface area contributed by atoms with Crippen LogP contribution in [-0.2, 0) is 25.9 Å². The van der Waals surface area contributed by atoms with Gasteiger partial charge in [-0.15, -0.1) is 4.91 Å². The second kappa shape index (κ2) is 9.27. The number of hydrogen-bond donors (Lipinski definition) is 0. The van der Waals surface area contributed by atoms with Crippen molar-refractivity contribution in [3.05, 3.63) is 102 Å². The van der Waals surface area contributed by atoms with Crippen molar-refractivity contribution in [2.45, 2.75) is 32.9 Å². The standard InChI is InChI=1S/C24H21Cl2N3O3/c1-15-2-7-21-18(12-15)9-10-28(21)14-22-19(25)13-20(26)24(31)29(22)11-8-16-3-5-17(6-4-16)23(30)27-32/h2-7,12-13H,8-11,14H2,1H3. The number of rotatable bonds is 6. The highest BCUT2D eigenvalue weighted by molar-refractivity contribution is 6.34. The fourth-order valence-corrected chi connectivity index (χ4v) is 4.62. The molecule has 3 aromatic rings. The van der Waals surface area contributed by atoms with Crippen molar-refractivity contribution in [2.24, 2.45) is 5.18 Å². The van der Waals surface area contributed by atoms with Crippen molar-refractivity contribution in [3.8, 4) is 0 Å². The molecule has 4 rings (SSSR count). The first kappa shape index (κ1) is 22.2. The van der Waals surface area contributed by atoms with Crippen LogP contribution in [0.15, 0.2) is 58.5 Å². The van der Waals surface area contributed by atoms with Crippen molar-refractivity contribution < 1.29 is 4.79 Å². The molecule has 8 heteroatoms. The van der Waals surface area contributed by atoms with Gasteiger partial charge in [-0.3, -0.25) is 9.59 Å². The molecule has 164 valence electrons. The predicted octanol–water partition coefficient (Wildman–Crippen LogP) is 5.18. The number of carbonyl (C=O) groups excluding carboxylic acids is 1. The Labute approximate surface area is 195 Å². The number of halogens is 2. The fraction of sp³-hybridized carbons (Fsp3) is 0.250. The summed E-state index contributed by atoms with van der Waals surface area (Å²) in [7, 11) is 0. The second-order valence-corrected chi connectivity index (χ2v) is 8.71. The maximum Gasteiger partial charge on any atom is 0.316 e. The van der Waals surface area contributed by atoms with Crippen molar-refractivity contribution in [2.75, 3.05) is 11.4 Å². The molecule has 0 bridgehead atoms. The van der Waals surface area contributed by atoms with Crippen molar-refractivity contribution in [1.82, 2.24) is 4.57 Å². The number of aromatic nitrogens is 1. The zero-order valence-electron chi connectivity index (χ0n) is 17.5. The highest BCUT2D eigenvalue weighted by Crippen LogP contribution is 2.31. The van der Waals surface area contributed by atoms with Crippen LogP contribution in [0.3, 0.4) is 0 Å². The minimum atomic E-state index is -0.808. The fourth-order valence-electron chi connectivity index (χ4n) is 4.09. The van der Waals surface area contributed by atoms with Gasteiger partial charge in [0.25, 0.3) is 5.56 Å². The van der Waals surface area contributed by atoms with Crippen LogP contribution in [0.25, 0.3) is 0 Å². The third-order valence-electron chi connectivity index (χ3n) is 5.78. The molecule has 2 aromatic carbocycles. The number of nitroso groups, excluding NO2 is 1. The molecule has 0 atom stereocenters. The number of anilines is 1. The van der Waals surface area contributed by atoms with E-state index in [0.29, 0.717) is 30.2 Å². The number of amides is 1. The molecule has 0 aliphatic carbocycles. The van der Waals surface area contributed by atoms with E-state index in [9.17, 15) is 14.5 Å². The average molecular weight is 470 g/mol. The lowest BCUT2D eigenvalue weighted by molar-refractivity contribution is 0.100. The first-order chi connectivity index (χ1) is 15.4. The van der Waals surface area contributed by atoms with Gasteiger partial charge < -0.3 is 9.47 Å². The molecule has 1 aliphatic rings. The lowest BCUT2D eigenvalue weighted by atomic mass is 10.1. The number of nitrogens with zero attached hydrogens (tertiary/aromatic N) is 3. The first-order valence-electron chi connectivity index (χ1n) is 10.3. The highest BCUT2D eigenvalue weighted by atomic mass is 35.5. The number of aryl methyl sites for hydroxylation is 2. The first-order valence-corrected chi connectivity index (χ1v) is 11.0. The molecule has 2 heterocycles. The Morgan fingerprint density at radius 1 is 1.06 bits per heavy atom. The molecule has 0 saturated heterocycles. The van der Waals surface area contributed by atoms with Crippen LogP contribution < -0.4 is 10.5 Å². The topological polar surface area (TPSA) is 71.7 Å². The van der Waals surface area contributed by atoms with E-state index in [1.807, 2.05) is 0 Å². The summed E-state index contributed by atoms with van der Waals surface area (Å²) in [6.07, 6.45) is 1.48. The van der Waals surface area contributed by atoms with Crippen molar-refractivity contribution >= 4 is 34.8 Å². The summed E-state index contributed by atoms with van der Waals surface area (Å²) in [4.78, 5) is 36.9. The average Bonchev–Trinajstić information content (AvgIpc) is 3.18. The molecule has 0 saturated carbocycles. The number of fused-ring (bicyclic) bond motifs is 1. The van der Waals surface area contributed by atoms with Gasteiger partial charge in [-0.2, -0.15) is 0 Å². The molecule has 6 nitrogen and oxygen atoms in total. The van der Waals surface area contributed by atoms with Gasteiger partial charge in [-0.1, -0.05) is 53.0 Å². The summed E-state index contributed by atoms with van der Waals surface area (Å²) in [6.45, 7) is 3.81. The van der Waals surface area contributed by atoms with Gasteiger partial charge in [-0.05, 0) is 55.2 Å². The summed E-state index contributed by atoms with van der Waals surface area (Å²) in [6, 6.07) is 14.5. The predicted molar refractivity (Wildman–Crippen MR) is 127 cm³/mol. The Morgan fingerprint density at radius 2 is 1.81 bits per heavy atom. The third kappa shape index (κ3) is 4.47. The number of carbonyl (C=O) groups is 1. The van der Waals surface area contributed by atoms with Crippen LogP contribution in [-0.4, -0.2) is 17.0 Å². The minimum Gasteiger partial charge on any atom is -0.365 e. The minimum absolute atomic E-state index is 0.0780. The van der Waals surface area contributed by atoms with Crippen LogP contribution in [0.2, 0.25) is 10.0 Å². The summed E-state index contributed by atoms with van der Waals surface area (Å²) < 4.78 is 1.63. The van der Waals surface area contributed by atoms with E-state index in [1.165, 1.54) is 17.2 Å². The summed E-state index contributed by atoms with van der Waals surface area (Å²) in [5.41, 5.74) is 5.24. The monoisotopic (exact) mass is 469 g/mol. The number of pyridine rings is 1. The Morgan fingerprint density at radius 3 is 2.53 bits per heavy atom. The smallest absolute Gasteiger partial charge is 0.316 e. The highest BCUT2D eigenvalue weighted by Gasteiger charge is 2.22. The third-order valence-corrected chi connectivity index (χ3v) is 6.38. The molecule has 1 aliphatic heterocycles. The van der Waals surface area contributed by atoms with E-state index in [2.05, 4.69) is 35.2 Å². The van der Waals surface area contributed by atoms with E-state index in [1.54, 1.807) is 28.8 Å². The molecule has 32 heavy (non-hydrogen) atoms. The Hall–Kier alpha value is -2.96. The zero-order chi connectivity index (χ0) is 22.8. The van der Waals surface area contributed by atoms with Gasteiger partial charge in [0.2, 0.25) is 0 Å². The molecule has 0 spiro atoms. The molecule has 0 unspecified atom stereocenters. The van der Waals surface area contributed by atoms with Crippen LogP contribution in [0.5, 0.6) is 0 Å². The SMILES string of the molecule is Cc1ccc2c(c1)CCN2Cc1c(Cl)cc(Cl)c(=O)n1CCc1ccc(C(=O)N=O)cc1. The molecule has 0 N–H and O–H groups in total. The summed E-state index contributed by atoms with van der Waals surface area (Å²) >= 11 is 12.7. The van der Waals surface area contributed by atoms with E-state index >= 15 is 0 Å². The molecule has 0 fully saturated rings. The lowest BCUT2D eigenvalue weighted by Gasteiger charge is -2.23. The molecule has 1 aromatic heterocycles. The van der Waals surface area contributed by atoms with Gasteiger partial charge in [0.15, 0.2) is 0 Å². The van der Waals surface area contributed by atoms with Gasteiger partial charge in [-0.25, -0.2) is 0 Å². The lowest BCUT2D eigenvalue weighted by Crippen LogP contribution is -2.30. The van der Waals surface area contributed by atoms with Crippen LogP contribution in [0.1, 0.15) is 32.7 Å². The van der Waals surface area contributed by atoms with Crippen LogP contribution in [0, 0.1) is 11.8 Å². The van der Waals surface area contributed by atoms with E-state index < -0.39 is 5.91 Å². The van der Waals surface area contributed by atoms with Crippen LogP contribution in [0.4, 0.5) is 5.69 Å². The molecule has 1 amide bonds. The van der Waals surface area contributed by atoms with E-state index in [0.717, 1.165) is 24.2 Å². The molecular formula is C24H21Cl2N3O3. The Kier molecular flexibility index (Phi) is 6.44. The number of benzene rings is 2. The van der Waals surface area contributed by atoms with Gasteiger partial charge in [0, 0.05) is 29.5 Å². The Balaban J connectivity index is 1.60. The molecular weight excluding hydrogens is 449 g/mol. The van der Waals surface area contributed by atoms with Gasteiger partial charge >= 0.3 is 5.91 Å². The maximum absolute atomic E-state index is 12.9. The van der Waals surface area contributed by atoms with Crippen molar-refractivity contribution in [3.63, 3.8) is 0 Å². The second-order valence-electron chi connectivity index (χ2n) is 7.89.